The lowest BCUT2D eigenvalue weighted by atomic mass is 9.96. The van der Waals surface area contributed by atoms with Crippen LogP contribution in [0.3, 0.4) is 0 Å². The molecule has 3 N–H and O–H groups in total. The highest BCUT2D eigenvalue weighted by atomic mass is 35.5. The molecule has 0 saturated heterocycles. The maximum atomic E-state index is 13.0. The standard InChI is InChI=1S/C18H20ClFN2O/c1-12(2)18(13-6-4-3-5-7-13)21-11-17(23)22-16-9-8-14(20)10-15(16)19/h3-10,12,18,21H,11H2,1-2H3,(H,22,23)/p+1/t18-/m1/s1. The molecule has 0 fully saturated rings. The molecule has 0 aliphatic rings. The summed E-state index contributed by atoms with van der Waals surface area (Å²) in [6, 6.07) is 14.2. The van der Waals surface area contributed by atoms with Gasteiger partial charge in [0.2, 0.25) is 0 Å². The molecule has 2 aromatic rings. The first-order valence-corrected chi connectivity index (χ1v) is 7.98. The SMILES string of the molecule is CC(C)[C@@H]([NH2+]CC(=O)Nc1ccc(F)cc1Cl)c1ccccc1. The van der Waals surface area contributed by atoms with Gasteiger partial charge in [-0.2, -0.15) is 0 Å². The molecule has 122 valence electrons. The smallest absolute Gasteiger partial charge is 0.279 e. The zero-order valence-electron chi connectivity index (χ0n) is 13.2. The van der Waals surface area contributed by atoms with E-state index in [2.05, 4.69) is 31.3 Å². The Labute approximate surface area is 140 Å². The minimum absolute atomic E-state index is 0.167. The van der Waals surface area contributed by atoms with Crippen molar-refractivity contribution in [2.75, 3.05) is 11.9 Å². The van der Waals surface area contributed by atoms with Gasteiger partial charge in [-0.25, -0.2) is 4.39 Å². The predicted octanol–water partition coefficient (Wildman–Crippen LogP) is 3.38. The summed E-state index contributed by atoms with van der Waals surface area (Å²) in [4.78, 5) is 12.1. The quantitative estimate of drug-likeness (QED) is 0.835. The fraction of sp³-hybridized carbons (Fsp3) is 0.278. The van der Waals surface area contributed by atoms with E-state index in [0.29, 0.717) is 11.6 Å². The number of carbonyl (C=O) groups is 1. The molecule has 3 nitrogen and oxygen atoms in total. The first-order chi connectivity index (χ1) is 11.0. The summed E-state index contributed by atoms with van der Waals surface area (Å²) in [5.41, 5.74) is 1.61. The fourth-order valence-electron chi connectivity index (χ4n) is 2.49. The zero-order valence-corrected chi connectivity index (χ0v) is 14.0. The third-order valence-electron chi connectivity index (χ3n) is 3.67. The second-order valence-corrected chi connectivity index (χ2v) is 6.20. The molecule has 2 rings (SSSR count). The summed E-state index contributed by atoms with van der Waals surface area (Å²) in [7, 11) is 0. The molecule has 0 unspecified atom stereocenters. The van der Waals surface area contributed by atoms with Crippen LogP contribution >= 0.6 is 11.6 Å². The van der Waals surface area contributed by atoms with Crippen LogP contribution in [0.15, 0.2) is 48.5 Å². The number of anilines is 1. The van der Waals surface area contributed by atoms with Crippen molar-refractivity contribution in [3.63, 3.8) is 0 Å². The Kier molecular flexibility index (Phi) is 6.13. The minimum Gasteiger partial charge on any atom is -0.332 e. The Morgan fingerprint density at radius 1 is 1.22 bits per heavy atom. The van der Waals surface area contributed by atoms with Crippen molar-refractivity contribution < 1.29 is 14.5 Å². The first-order valence-electron chi connectivity index (χ1n) is 7.60. The van der Waals surface area contributed by atoms with Gasteiger partial charge in [0.25, 0.3) is 5.91 Å². The van der Waals surface area contributed by atoms with Crippen molar-refractivity contribution in [2.24, 2.45) is 5.92 Å². The molecule has 0 heterocycles. The van der Waals surface area contributed by atoms with E-state index in [-0.39, 0.29) is 23.5 Å². The summed E-state index contributed by atoms with van der Waals surface area (Å²) in [5.74, 6) is -0.205. The molecule has 0 bridgehead atoms. The van der Waals surface area contributed by atoms with Crippen molar-refractivity contribution >= 4 is 23.2 Å². The fourth-order valence-corrected chi connectivity index (χ4v) is 2.71. The highest BCUT2D eigenvalue weighted by Crippen LogP contribution is 2.22. The molecule has 0 aliphatic heterocycles. The second kappa shape index (κ2) is 8.09. The van der Waals surface area contributed by atoms with Crippen LogP contribution in [0.25, 0.3) is 0 Å². The maximum Gasteiger partial charge on any atom is 0.279 e. The van der Waals surface area contributed by atoms with Gasteiger partial charge in [-0.3, -0.25) is 4.79 Å². The number of carbonyl (C=O) groups excluding carboxylic acids is 1. The van der Waals surface area contributed by atoms with Gasteiger partial charge in [0, 0.05) is 11.5 Å². The van der Waals surface area contributed by atoms with E-state index < -0.39 is 5.82 Å². The lowest BCUT2D eigenvalue weighted by Crippen LogP contribution is -2.88. The van der Waals surface area contributed by atoms with E-state index in [4.69, 9.17) is 11.6 Å². The van der Waals surface area contributed by atoms with Crippen LogP contribution in [-0.2, 0) is 4.79 Å². The molecule has 5 heteroatoms. The first kappa shape index (κ1) is 17.4. The molecule has 0 aliphatic carbocycles. The van der Waals surface area contributed by atoms with Crippen LogP contribution in [0.5, 0.6) is 0 Å². The van der Waals surface area contributed by atoms with Crippen LogP contribution in [0, 0.1) is 11.7 Å². The average Bonchev–Trinajstić information content (AvgIpc) is 2.51. The third-order valence-corrected chi connectivity index (χ3v) is 3.98. The summed E-state index contributed by atoms with van der Waals surface area (Å²) >= 11 is 5.92. The number of rotatable bonds is 6. The Morgan fingerprint density at radius 2 is 1.91 bits per heavy atom. The van der Waals surface area contributed by atoms with Gasteiger partial charge in [0.1, 0.15) is 11.9 Å². The molecule has 23 heavy (non-hydrogen) atoms. The molecule has 0 radical (unpaired) electrons. The predicted molar refractivity (Wildman–Crippen MR) is 90.9 cm³/mol. The Balaban J connectivity index is 1.97. The van der Waals surface area contributed by atoms with Crippen molar-refractivity contribution in [1.29, 1.82) is 0 Å². The van der Waals surface area contributed by atoms with E-state index in [1.165, 1.54) is 23.8 Å². The van der Waals surface area contributed by atoms with Crippen molar-refractivity contribution in [2.45, 2.75) is 19.9 Å². The third kappa shape index (κ3) is 5.05. The van der Waals surface area contributed by atoms with Gasteiger partial charge in [-0.15, -0.1) is 0 Å². The van der Waals surface area contributed by atoms with Crippen LogP contribution in [0.4, 0.5) is 10.1 Å². The molecule has 0 aromatic heterocycles. The largest absolute Gasteiger partial charge is 0.332 e. The summed E-state index contributed by atoms with van der Waals surface area (Å²) in [5, 5.41) is 4.92. The Hall–Kier alpha value is -1.91. The molecule has 1 atom stereocenters. The van der Waals surface area contributed by atoms with E-state index in [1.54, 1.807) is 0 Å². The number of nitrogens with one attached hydrogen (secondary N) is 1. The van der Waals surface area contributed by atoms with E-state index in [0.717, 1.165) is 0 Å². The molecule has 0 spiro atoms. The van der Waals surface area contributed by atoms with Gasteiger partial charge >= 0.3 is 0 Å². The number of quaternary nitrogens is 1. The van der Waals surface area contributed by atoms with Gasteiger partial charge in [0.05, 0.1) is 10.7 Å². The second-order valence-electron chi connectivity index (χ2n) is 5.79. The Bertz CT molecular complexity index is 661. The number of nitrogens with two attached hydrogens (primary N) is 1. The number of benzene rings is 2. The van der Waals surface area contributed by atoms with Crippen molar-refractivity contribution in [3.8, 4) is 0 Å². The minimum atomic E-state index is -0.427. The lowest BCUT2D eigenvalue weighted by molar-refractivity contribution is -0.692. The van der Waals surface area contributed by atoms with Gasteiger partial charge in [0.15, 0.2) is 6.54 Å². The van der Waals surface area contributed by atoms with E-state index in [1.807, 2.05) is 23.5 Å². The monoisotopic (exact) mass is 335 g/mol. The summed E-state index contributed by atoms with van der Waals surface area (Å²) in [6.07, 6.45) is 0. The van der Waals surface area contributed by atoms with Crippen LogP contribution in [0.2, 0.25) is 5.02 Å². The molecule has 1 amide bonds. The number of hydrogen-bond donors (Lipinski definition) is 2. The lowest BCUT2D eigenvalue weighted by Gasteiger charge is -2.19. The maximum absolute atomic E-state index is 13.0. The van der Waals surface area contributed by atoms with E-state index in [9.17, 15) is 9.18 Å². The molecular weight excluding hydrogens is 315 g/mol. The number of hydrogen-bond acceptors (Lipinski definition) is 1. The summed E-state index contributed by atoms with van der Waals surface area (Å²) in [6.45, 7) is 4.53. The van der Waals surface area contributed by atoms with Gasteiger partial charge in [-0.05, 0) is 18.2 Å². The average molecular weight is 336 g/mol. The zero-order chi connectivity index (χ0) is 16.8. The molecule has 2 aromatic carbocycles. The van der Waals surface area contributed by atoms with Crippen molar-refractivity contribution in [1.82, 2.24) is 0 Å². The number of halogens is 2. The highest BCUT2D eigenvalue weighted by molar-refractivity contribution is 6.33. The van der Waals surface area contributed by atoms with Crippen LogP contribution < -0.4 is 10.6 Å². The molecule has 0 saturated carbocycles. The van der Waals surface area contributed by atoms with Crippen LogP contribution in [0.1, 0.15) is 25.5 Å². The van der Waals surface area contributed by atoms with Crippen molar-refractivity contribution in [3.05, 3.63) is 64.9 Å². The molecular formula is C18H21ClFN2O+. The Morgan fingerprint density at radius 3 is 2.52 bits per heavy atom. The van der Waals surface area contributed by atoms with E-state index >= 15 is 0 Å². The summed E-state index contributed by atoms with van der Waals surface area (Å²) < 4.78 is 13.0. The van der Waals surface area contributed by atoms with Crippen LogP contribution in [-0.4, -0.2) is 12.5 Å². The highest BCUT2D eigenvalue weighted by Gasteiger charge is 2.20. The topological polar surface area (TPSA) is 45.7 Å². The number of amides is 1. The van der Waals surface area contributed by atoms with Gasteiger partial charge < -0.3 is 10.6 Å². The normalized spacial score (nSPS) is 12.2. The van der Waals surface area contributed by atoms with Gasteiger partial charge in [-0.1, -0.05) is 55.8 Å².